The Balaban J connectivity index is 1.86. The van der Waals surface area contributed by atoms with E-state index in [9.17, 15) is 4.79 Å². The summed E-state index contributed by atoms with van der Waals surface area (Å²) < 4.78 is 0. The van der Waals surface area contributed by atoms with Gasteiger partial charge in [0.25, 0.3) is 0 Å². The molecule has 0 aliphatic heterocycles. The number of fused-ring (bicyclic) bond motifs is 2. The van der Waals surface area contributed by atoms with E-state index < -0.39 is 0 Å². The van der Waals surface area contributed by atoms with Gasteiger partial charge in [0.2, 0.25) is 0 Å². The number of carbonyl (C=O) groups is 1. The summed E-state index contributed by atoms with van der Waals surface area (Å²) >= 11 is 0. The molecule has 3 atom stereocenters. The minimum Gasteiger partial charge on any atom is -0.383 e. The summed E-state index contributed by atoms with van der Waals surface area (Å²) in [5.41, 5.74) is 6.38. The maximum atomic E-state index is 12.3. The summed E-state index contributed by atoms with van der Waals surface area (Å²) in [5, 5.41) is 0. The van der Waals surface area contributed by atoms with Crippen LogP contribution in [-0.2, 0) is 0 Å². The van der Waals surface area contributed by atoms with Gasteiger partial charge in [-0.3, -0.25) is 4.79 Å². The lowest BCUT2D eigenvalue weighted by Gasteiger charge is -2.20. The predicted molar refractivity (Wildman–Crippen MR) is 61.9 cm³/mol. The van der Waals surface area contributed by atoms with Crippen LogP contribution in [0.15, 0.2) is 18.3 Å². The predicted octanol–water partition coefficient (Wildman–Crippen LogP) is 2.28. The Morgan fingerprint density at radius 3 is 2.88 bits per heavy atom. The lowest BCUT2D eigenvalue weighted by molar-refractivity contribution is 0.0875. The molecule has 3 unspecified atom stereocenters. The highest BCUT2D eigenvalue weighted by Gasteiger charge is 2.43. The summed E-state index contributed by atoms with van der Waals surface area (Å²) in [6, 6.07) is 3.59. The number of nitrogens with two attached hydrogens (primary N) is 1. The van der Waals surface area contributed by atoms with Crippen LogP contribution in [0.4, 0.5) is 5.82 Å². The van der Waals surface area contributed by atoms with Crippen LogP contribution in [0.5, 0.6) is 0 Å². The van der Waals surface area contributed by atoms with Gasteiger partial charge in [-0.25, -0.2) is 4.98 Å². The van der Waals surface area contributed by atoms with E-state index in [1.54, 1.807) is 18.3 Å². The molecule has 2 aliphatic rings. The van der Waals surface area contributed by atoms with Gasteiger partial charge >= 0.3 is 0 Å². The average Bonchev–Trinajstić information content (AvgIpc) is 2.90. The number of aromatic nitrogens is 1. The molecule has 2 aliphatic carbocycles. The van der Waals surface area contributed by atoms with Gasteiger partial charge in [0.05, 0.1) is 5.56 Å². The Bertz CT molecular complexity index is 430. The Morgan fingerprint density at radius 2 is 2.25 bits per heavy atom. The van der Waals surface area contributed by atoms with Gasteiger partial charge in [-0.2, -0.15) is 0 Å². The Labute approximate surface area is 95.1 Å². The first kappa shape index (κ1) is 9.82. The van der Waals surface area contributed by atoms with Gasteiger partial charge in [0, 0.05) is 12.1 Å². The highest BCUT2D eigenvalue weighted by molar-refractivity contribution is 6.01. The van der Waals surface area contributed by atoms with E-state index in [-0.39, 0.29) is 11.7 Å². The second-order valence-electron chi connectivity index (χ2n) is 5.08. The minimum absolute atomic E-state index is 0.213. The van der Waals surface area contributed by atoms with E-state index in [1.165, 1.54) is 19.3 Å². The molecule has 0 spiro atoms. The van der Waals surface area contributed by atoms with Crippen LogP contribution in [0.2, 0.25) is 0 Å². The zero-order valence-electron chi connectivity index (χ0n) is 9.23. The summed E-state index contributed by atoms with van der Waals surface area (Å²) in [4.78, 5) is 16.3. The average molecular weight is 216 g/mol. The summed E-state index contributed by atoms with van der Waals surface area (Å²) in [6.07, 6.45) is 6.49. The molecule has 0 amide bonds. The third-order valence-corrected chi connectivity index (χ3v) is 4.18. The van der Waals surface area contributed by atoms with E-state index in [0.29, 0.717) is 17.3 Å². The Kier molecular flexibility index (Phi) is 2.20. The number of carbonyl (C=O) groups excluding carboxylic acids is 1. The van der Waals surface area contributed by atoms with Gasteiger partial charge in [-0.15, -0.1) is 0 Å². The second kappa shape index (κ2) is 3.58. The first-order valence-electron chi connectivity index (χ1n) is 6.00. The number of pyridine rings is 1. The van der Waals surface area contributed by atoms with Crippen LogP contribution < -0.4 is 5.73 Å². The molecule has 0 aromatic carbocycles. The number of nitrogens with zero attached hydrogens (tertiary/aromatic N) is 1. The molecule has 1 heterocycles. The number of ketones is 1. The second-order valence-corrected chi connectivity index (χ2v) is 5.08. The van der Waals surface area contributed by atoms with Crippen molar-refractivity contribution < 1.29 is 4.79 Å². The minimum atomic E-state index is 0.213. The molecule has 2 saturated carbocycles. The van der Waals surface area contributed by atoms with E-state index in [4.69, 9.17) is 5.73 Å². The van der Waals surface area contributed by atoms with E-state index >= 15 is 0 Å². The summed E-state index contributed by atoms with van der Waals surface area (Å²) in [5.74, 6) is 2.22. The lowest BCUT2D eigenvalue weighted by atomic mass is 9.83. The fourth-order valence-corrected chi connectivity index (χ4v) is 3.39. The van der Waals surface area contributed by atoms with Crippen molar-refractivity contribution in [3.8, 4) is 0 Å². The van der Waals surface area contributed by atoms with Crippen molar-refractivity contribution in [2.45, 2.75) is 25.7 Å². The summed E-state index contributed by atoms with van der Waals surface area (Å²) in [7, 11) is 0. The zero-order valence-corrected chi connectivity index (χ0v) is 9.23. The van der Waals surface area contributed by atoms with Gasteiger partial charge in [0.1, 0.15) is 5.82 Å². The van der Waals surface area contributed by atoms with Crippen molar-refractivity contribution in [2.75, 3.05) is 5.73 Å². The largest absolute Gasteiger partial charge is 0.383 e. The molecule has 2 N–H and O–H groups in total. The molecule has 3 nitrogen and oxygen atoms in total. The first-order chi connectivity index (χ1) is 7.75. The SMILES string of the molecule is Nc1ncccc1C(=O)C1CC2CCC1C2. The standard InChI is InChI=1S/C13H16N2O/c14-13-10(2-1-5-15-13)12(16)11-7-8-3-4-9(11)6-8/h1-2,5,8-9,11H,3-4,6-7H2,(H2,14,15). The molecular weight excluding hydrogens is 200 g/mol. The fourth-order valence-electron chi connectivity index (χ4n) is 3.39. The molecule has 0 saturated heterocycles. The molecular formula is C13H16N2O. The molecule has 0 radical (unpaired) electrons. The fraction of sp³-hybridized carbons (Fsp3) is 0.538. The highest BCUT2D eigenvalue weighted by Crippen LogP contribution is 2.49. The number of nitrogen functional groups attached to an aromatic ring is 1. The van der Waals surface area contributed by atoms with Crippen molar-refractivity contribution in [1.29, 1.82) is 0 Å². The van der Waals surface area contributed by atoms with Gasteiger partial charge in [-0.1, -0.05) is 6.42 Å². The van der Waals surface area contributed by atoms with Crippen LogP contribution in [0, 0.1) is 17.8 Å². The monoisotopic (exact) mass is 216 g/mol. The van der Waals surface area contributed by atoms with Gasteiger partial charge < -0.3 is 5.73 Å². The van der Waals surface area contributed by atoms with Crippen LogP contribution in [0.3, 0.4) is 0 Å². The highest BCUT2D eigenvalue weighted by atomic mass is 16.1. The van der Waals surface area contributed by atoms with E-state index in [2.05, 4.69) is 4.98 Å². The molecule has 1 aromatic heterocycles. The molecule has 16 heavy (non-hydrogen) atoms. The number of anilines is 1. The molecule has 1 aromatic rings. The maximum absolute atomic E-state index is 12.3. The van der Waals surface area contributed by atoms with Crippen LogP contribution in [-0.4, -0.2) is 10.8 Å². The third kappa shape index (κ3) is 1.42. The molecule has 84 valence electrons. The van der Waals surface area contributed by atoms with Crippen molar-refractivity contribution in [1.82, 2.24) is 4.98 Å². The molecule has 3 heteroatoms. The zero-order chi connectivity index (χ0) is 11.1. The smallest absolute Gasteiger partial charge is 0.169 e. The van der Waals surface area contributed by atoms with Crippen LogP contribution in [0.25, 0.3) is 0 Å². The van der Waals surface area contributed by atoms with Crippen LogP contribution >= 0.6 is 0 Å². The number of hydrogen-bond donors (Lipinski definition) is 1. The Hall–Kier alpha value is -1.38. The quantitative estimate of drug-likeness (QED) is 0.771. The van der Waals surface area contributed by atoms with Gasteiger partial charge in [-0.05, 0) is 43.2 Å². The lowest BCUT2D eigenvalue weighted by Crippen LogP contribution is -2.22. The number of hydrogen-bond acceptors (Lipinski definition) is 3. The summed E-state index contributed by atoms with van der Waals surface area (Å²) in [6.45, 7) is 0. The maximum Gasteiger partial charge on any atom is 0.169 e. The van der Waals surface area contributed by atoms with Crippen molar-refractivity contribution in [2.24, 2.45) is 17.8 Å². The van der Waals surface area contributed by atoms with E-state index in [0.717, 1.165) is 12.3 Å². The molecule has 2 bridgehead atoms. The number of rotatable bonds is 2. The van der Waals surface area contributed by atoms with Crippen molar-refractivity contribution in [3.63, 3.8) is 0 Å². The molecule has 3 rings (SSSR count). The molecule has 2 fully saturated rings. The van der Waals surface area contributed by atoms with E-state index in [1.807, 2.05) is 0 Å². The van der Waals surface area contributed by atoms with Crippen molar-refractivity contribution >= 4 is 11.6 Å². The third-order valence-electron chi connectivity index (χ3n) is 4.18. The Morgan fingerprint density at radius 1 is 1.38 bits per heavy atom. The van der Waals surface area contributed by atoms with Gasteiger partial charge in [0.15, 0.2) is 5.78 Å². The van der Waals surface area contributed by atoms with Crippen LogP contribution in [0.1, 0.15) is 36.0 Å². The first-order valence-corrected chi connectivity index (χ1v) is 6.00. The normalized spacial score (nSPS) is 31.9. The van der Waals surface area contributed by atoms with Crippen molar-refractivity contribution in [3.05, 3.63) is 23.9 Å². The number of Topliss-reactive ketones (excluding diaryl/α,β-unsaturated/α-hetero) is 1. The topological polar surface area (TPSA) is 56.0 Å².